The number of amides is 1. The van der Waals surface area contributed by atoms with Crippen molar-refractivity contribution in [2.45, 2.75) is 19.8 Å². The van der Waals surface area contributed by atoms with E-state index in [1.165, 1.54) is 12.3 Å². The smallest absolute Gasteiger partial charge is 0.252 e. The number of aromatic nitrogens is 1. The maximum absolute atomic E-state index is 11.5. The number of carbonyl (C=O) groups is 1. The second kappa shape index (κ2) is 5.76. The molecule has 78 valence electrons. The molecule has 1 amide bonds. The summed E-state index contributed by atoms with van der Waals surface area (Å²) in [5, 5.41) is 11.3. The predicted octanol–water partition coefficient (Wildman–Crippen LogP) is 1.48. The molecule has 1 rings (SSSR count). The van der Waals surface area contributed by atoms with E-state index >= 15 is 0 Å². The van der Waals surface area contributed by atoms with Gasteiger partial charge in [-0.1, -0.05) is 13.3 Å². The molecule has 1 aromatic heterocycles. The summed E-state index contributed by atoms with van der Waals surface area (Å²) in [4.78, 5) is 15.3. The van der Waals surface area contributed by atoms with E-state index in [9.17, 15) is 4.79 Å². The third-order valence-corrected chi connectivity index (χ3v) is 1.96. The first-order chi connectivity index (χ1) is 7.27. The van der Waals surface area contributed by atoms with Crippen LogP contribution in [0.2, 0.25) is 0 Å². The van der Waals surface area contributed by atoms with Gasteiger partial charge in [0.05, 0.1) is 5.56 Å². The molecule has 4 nitrogen and oxygen atoms in total. The monoisotopic (exact) mass is 203 g/mol. The van der Waals surface area contributed by atoms with Gasteiger partial charge in [-0.05, 0) is 18.6 Å². The van der Waals surface area contributed by atoms with Crippen LogP contribution >= 0.6 is 0 Å². The lowest BCUT2D eigenvalue weighted by Crippen LogP contribution is -2.24. The molecule has 0 aliphatic rings. The van der Waals surface area contributed by atoms with Crippen molar-refractivity contribution < 1.29 is 4.79 Å². The fraction of sp³-hybridized carbons (Fsp3) is 0.364. The fourth-order valence-electron chi connectivity index (χ4n) is 1.08. The zero-order valence-corrected chi connectivity index (χ0v) is 8.66. The summed E-state index contributed by atoms with van der Waals surface area (Å²) in [6.07, 6.45) is 3.43. The third-order valence-electron chi connectivity index (χ3n) is 1.96. The van der Waals surface area contributed by atoms with Gasteiger partial charge in [0.25, 0.3) is 5.91 Å². The summed E-state index contributed by atoms with van der Waals surface area (Å²) in [5.41, 5.74) is 0.810. The molecule has 0 bridgehead atoms. The van der Waals surface area contributed by atoms with E-state index in [0.717, 1.165) is 12.8 Å². The molecule has 1 heterocycles. The minimum Gasteiger partial charge on any atom is -0.352 e. The van der Waals surface area contributed by atoms with E-state index in [-0.39, 0.29) is 5.91 Å². The number of unbranched alkanes of at least 4 members (excludes halogenated alkanes) is 1. The van der Waals surface area contributed by atoms with Crippen molar-refractivity contribution in [3.8, 4) is 6.07 Å². The molecule has 0 radical (unpaired) electrons. The third kappa shape index (κ3) is 3.39. The maximum atomic E-state index is 11.5. The summed E-state index contributed by atoms with van der Waals surface area (Å²) >= 11 is 0. The van der Waals surface area contributed by atoms with Gasteiger partial charge in [0.15, 0.2) is 0 Å². The predicted molar refractivity (Wildman–Crippen MR) is 56.2 cm³/mol. The number of rotatable bonds is 4. The first-order valence-corrected chi connectivity index (χ1v) is 4.92. The van der Waals surface area contributed by atoms with Crippen LogP contribution in [0.4, 0.5) is 0 Å². The van der Waals surface area contributed by atoms with Crippen LogP contribution in [0, 0.1) is 11.3 Å². The second-order valence-electron chi connectivity index (χ2n) is 3.15. The van der Waals surface area contributed by atoms with E-state index in [0.29, 0.717) is 17.8 Å². The highest BCUT2D eigenvalue weighted by molar-refractivity contribution is 5.93. The number of nitrogens with one attached hydrogen (secondary N) is 1. The Balaban J connectivity index is 2.55. The largest absolute Gasteiger partial charge is 0.352 e. The SMILES string of the molecule is CCCCNC(=O)c1ccc(C#N)nc1. The summed E-state index contributed by atoms with van der Waals surface area (Å²) < 4.78 is 0. The molecule has 0 spiro atoms. The number of nitrogens with zero attached hydrogens (tertiary/aromatic N) is 2. The standard InChI is InChI=1S/C11H13N3O/c1-2-3-6-13-11(15)9-4-5-10(7-12)14-8-9/h4-5,8H,2-3,6H2,1H3,(H,13,15). The number of pyridine rings is 1. The van der Waals surface area contributed by atoms with E-state index in [4.69, 9.17) is 5.26 Å². The number of hydrogen-bond acceptors (Lipinski definition) is 3. The molecule has 0 fully saturated rings. The van der Waals surface area contributed by atoms with Crippen LogP contribution in [-0.2, 0) is 0 Å². The summed E-state index contributed by atoms with van der Waals surface area (Å²) in [7, 11) is 0. The van der Waals surface area contributed by atoms with Crippen LogP contribution in [0.3, 0.4) is 0 Å². The van der Waals surface area contributed by atoms with Crippen LogP contribution in [-0.4, -0.2) is 17.4 Å². The molecular formula is C11H13N3O. The van der Waals surface area contributed by atoms with Crippen LogP contribution in [0.5, 0.6) is 0 Å². The minimum absolute atomic E-state index is 0.138. The van der Waals surface area contributed by atoms with Gasteiger partial charge >= 0.3 is 0 Å². The average Bonchev–Trinajstić information content (AvgIpc) is 2.29. The lowest BCUT2D eigenvalue weighted by molar-refractivity contribution is 0.0953. The van der Waals surface area contributed by atoms with Crippen LogP contribution in [0.15, 0.2) is 18.3 Å². The van der Waals surface area contributed by atoms with Crippen LogP contribution in [0.1, 0.15) is 35.8 Å². The Morgan fingerprint density at radius 2 is 2.40 bits per heavy atom. The Kier molecular flexibility index (Phi) is 4.30. The van der Waals surface area contributed by atoms with Crippen molar-refractivity contribution >= 4 is 5.91 Å². The van der Waals surface area contributed by atoms with Gasteiger partial charge in [-0.2, -0.15) is 5.26 Å². The van der Waals surface area contributed by atoms with Crippen molar-refractivity contribution in [1.29, 1.82) is 5.26 Å². The summed E-state index contributed by atoms with van der Waals surface area (Å²) in [6, 6.07) is 5.04. The van der Waals surface area contributed by atoms with Crippen molar-refractivity contribution in [3.05, 3.63) is 29.6 Å². The maximum Gasteiger partial charge on any atom is 0.252 e. The zero-order chi connectivity index (χ0) is 11.1. The van der Waals surface area contributed by atoms with Crippen molar-refractivity contribution in [1.82, 2.24) is 10.3 Å². The highest BCUT2D eigenvalue weighted by atomic mass is 16.1. The van der Waals surface area contributed by atoms with Gasteiger partial charge in [0.2, 0.25) is 0 Å². The van der Waals surface area contributed by atoms with Gasteiger partial charge in [0, 0.05) is 12.7 Å². The highest BCUT2D eigenvalue weighted by Crippen LogP contribution is 1.99. The van der Waals surface area contributed by atoms with E-state index < -0.39 is 0 Å². The first kappa shape index (κ1) is 11.2. The quantitative estimate of drug-likeness (QED) is 0.754. The molecular weight excluding hydrogens is 190 g/mol. The molecule has 0 atom stereocenters. The van der Waals surface area contributed by atoms with Crippen molar-refractivity contribution in [3.63, 3.8) is 0 Å². The molecule has 4 heteroatoms. The van der Waals surface area contributed by atoms with E-state index in [1.807, 2.05) is 6.07 Å². The number of hydrogen-bond donors (Lipinski definition) is 1. The molecule has 1 N–H and O–H groups in total. The molecule has 0 saturated carbocycles. The van der Waals surface area contributed by atoms with Crippen LogP contribution < -0.4 is 5.32 Å². The molecule has 0 saturated heterocycles. The van der Waals surface area contributed by atoms with Crippen molar-refractivity contribution in [2.24, 2.45) is 0 Å². The normalized spacial score (nSPS) is 9.33. The van der Waals surface area contributed by atoms with Gasteiger partial charge < -0.3 is 5.32 Å². The average molecular weight is 203 g/mol. The molecule has 0 unspecified atom stereocenters. The Labute approximate surface area is 88.9 Å². The summed E-state index contributed by atoms with van der Waals surface area (Å²) in [5.74, 6) is -0.138. The topological polar surface area (TPSA) is 65.8 Å². The zero-order valence-electron chi connectivity index (χ0n) is 8.66. The van der Waals surface area contributed by atoms with E-state index in [1.54, 1.807) is 6.07 Å². The molecule has 0 aromatic carbocycles. The molecule has 0 aliphatic heterocycles. The number of nitriles is 1. The lowest BCUT2D eigenvalue weighted by atomic mass is 10.2. The van der Waals surface area contributed by atoms with Gasteiger partial charge in [-0.25, -0.2) is 4.98 Å². The Hall–Kier alpha value is -1.89. The minimum atomic E-state index is -0.138. The Morgan fingerprint density at radius 3 is 2.93 bits per heavy atom. The lowest BCUT2D eigenvalue weighted by Gasteiger charge is -2.03. The van der Waals surface area contributed by atoms with Gasteiger partial charge in [-0.15, -0.1) is 0 Å². The molecule has 0 aliphatic carbocycles. The van der Waals surface area contributed by atoms with Gasteiger partial charge in [-0.3, -0.25) is 4.79 Å². The van der Waals surface area contributed by atoms with Crippen LogP contribution in [0.25, 0.3) is 0 Å². The summed E-state index contributed by atoms with van der Waals surface area (Å²) in [6.45, 7) is 2.74. The second-order valence-corrected chi connectivity index (χ2v) is 3.15. The molecule has 1 aromatic rings. The Morgan fingerprint density at radius 1 is 1.60 bits per heavy atom. The van der Waals surface area contributed by atoms with Crippen molar-refractivity contribution in [2.75, 3.05) is 6.54 Å². The first-order valence-electron chi connectivity index (χ1n) is 4.92. The highest BCUT2D eigenvalue weighted by Gasteiger charge is 2.04. The number of carbonyl (C=O) groups excluding carboxylic acids is 1. The van der Waals surface area contributed by atoms with E-state index in [2.05, 4.69) is 17.2 Å². The Bertz CT molecular complexity index is 364. The molecule has 15 heavy (non-hydrogen) atoms. The fourth-order valence-corrected chi connectivity index (χ4v) is 1.08. The van der Waals surface area contributed by atoms with Gasteiger partial charge in [0.1, 0.15) is 11.8 Å².